The molecule has 0 saturated carbocycles. The first-order valence-corrected chi connectivity index (χ1v) is 8.52. The number of carbonyl (C=O) groups is 2. The lowest BCUT2D eigenvalue weighted by Crippen LogP contribution is -2.92. The van der Waals surface area contributed by atoms with Crippen LogP contribution in [0.5, 0.6) is 0 Å². The van der Waals surface area contributed by atoms with Crippen LogP contribution in [0, 0.1) is 5.82 Å². The van der Waals surface area contributed by atoms with Crippen LogP contribution in [0.15, 0.2) is 48.5 Å². The fourth-order valence-electron chi connectivity index (χ4n) is 2.72. The van der Waals surface area contributed by atoms with E-state index in [4.69, 9.17) is 0 Å². The predicted octanol–water partition coefficient (Wildman–Crippen LogP) is 2.31. The van der Waals surface area contributed by atoms with E-state index in [2.05, 4.69) is 17.0 Å². The highest BCUT2D eigenvalue weighted by atomic mass is 19.1. The number of rotatable bonds is 6. The van der Waals surface area contributed by atoms with Gasteiger partial charge in [0.1, 0.15) is 11.9 Å². The van der Waals surface area contributed by atoms with Crippen LogP contribution >= 0.6 is 0 Å². The van der Waals surface area contributed by atoms with Gasteiger partial charge in [-0.05, 0) is 31.0 Å². The number of methoxy groups -OCH3 is 1. The van der Waals surface area contributed by atoms with Gasteiger partial charge in [0.25, 0.3) is 5.91 Å². The molecule has 0 spiro atoms. The molecule has 26 heavy (non-hydrogen) atoms. The fourth-order valence-corrected chi connectivity index (χ4v) is 2.72. The number of alkyl carbamates (subject to hydrolysis) is 1. The maximum Gasteiger partial charge on any atom is 0.413 e. The second kappa shape index (κ2) is 9.10. The van der Waals surface area contributed by atoms with Crippen LogP contribution in [0.2, 0.25) is 0 Å². The topological polar surface area (TPSA) is 72.0 Å². The number of nitrogens with one attached hydrogen (secondary N) is 1. The van der Waals surface area contributed by atoms with Crippen LogP contribution in [0.1, 0.15) is 36.6 Å². The fraction of sp³-hybridized carbons (Fsp3) is 0.300. The van der Waals surface area contributed by atoms with Gasteiger partial charge in [-0.25, -0.2) is 9.18 Å². The van der Waals surface area contributed by atoms with Crippen molar-refractivity contribution in [3.8, 4) is 0 Å². The molecular formula is C20H24FN2O3+. The highest BCUT2D eigenvalue weighted by Crippen LogP contribution is 2.20. The van der Waals surface area contributed by atoms with Gasteiger partial charge in [-0.3, -0.25) is 10.1 Å². The third kappa shape index (κ3) is 5.13. The summed E-state index contributed by atoms with van der Waals surface area (Å²) in [5.41, 5.74) is 2.89. The van der Waals surface area contributed by atoms with Crippen LogP contribution < -0.4 is 10.6 Å². The molecule has 0 saturated heterocycles. The van der Waals surface area contributed by atoms with Crippen molar-refractivity contribution in [2.45, 2.75) is 32.4 Å². The molecule has 2 atom stereocenters. The third-order valence-corrected chi connectivity index (χ3v) is 4.26. The average molecular weight is 359 g/mol. The van der Waals surface area contributed by atoms with Gasteiger partial charge in [0.2, 0.25) is 0 Å². The summed E-state index contributed by atoms with van der Waals surface area (Å²) in [6, 6.07) is 13.5. The van der Waals surface area contributed by atoms with Crippen LogP contribution in [0.25, 0.3) is 0 Å². The van der Waals surface area contributed by atoms with Gasteiger partial charge in [-0.1, -0.05) is 43.3 Å². The number of carbonyl (C=O) groups excluding carboxylic acids is 2. The maximum atomic E-state index is 13.7. The summed E-state index contributed by atoms with van der Waals surface area (Å²) in [7, 11) is 1.20. The van der Waals surface area contributed by atoms with Crippen LogP contribution in [-0.2, 0) is 16.0 Å². The molecule has 0 radical (unpaired) electrons. The number of quaternary nitrogens is 1. The number of benzene rings is 2. The third-order valence-electron chi connectivity index (χ3n) is 4.26. The van der Waals surface area contributed by atoms with E-state index in [1.54, 1.807) is 18.3 Å². The van der Waals surface area contributed by atoms with E-state index in [1.165, 1.54) is 24.8 Å². The van der Waals surface area contributed by atoms with E-state index in [0.29, 0.717) is 0 Å². The van der Waals surface area contributed by atoms with E-state index in [0.717, 1.165) is 17.5 Å². The van der Waals surface area contributed by atoms with E-state index >= 15 is 0 Å². The molecule has 2 aromatic carbocycles. The minimum Gasteiger partial charge on any atom is -0.453 e. The lowest BCUT2D eigenvalue weighted by Gasteiger charge is -2.20. The van der Waals surface area contributed by atoms with Crippen LogP contribution in [0.4, 0.5) is 9.18 Å². The second-order valence-electron chi connectivity index (χ2n) is 6.09. The molecular weight excluding hydrogens is 335 g/mol. The highest BCUT2D eigenvalue weighted by Gasteiger charge is 2.26. The summed E-state index contributed by atoms with van der Waals surface area (Å²) in [5, 5.41) is 3.96. The van der Waals surface area contributed by atoms with Crippen molar-refractivity contribution >= 4 is 12.0 Å². The summed E-state index contributed by atoms with van der Waals surface area (Å²) in [4.78, 5) is 23.4. The zero-order valence-electron chi connectivity index (χ0n) is 15.2. The molecule has 3 N–H and O–H groups in total. The average Bonchev–Trinajstić information content (AvgIpc) is 2.65. The zero-order chi connectivity index (χ0) is 19.1. The number of hydrogen-bond donors (Lipinski definition) is 2. The molecule has 2 aromatic rings. The molecule has 0 heterocycles. The number of amides is 2. The number of ether oxygens (including phenoxy) is 1. The monoisotopic (exact) mass is 359 g/mol. The number of nitrogens with two attached hydrogens (primary N) is 1. The van der Waals surface area contributed by atoms with Gasteiger partial charge >= 0.3 is 6.09 Å². The largest absolute Gasteiger partial charge is 0.453 e. The van der Waals surface area contributed by atoms with Crippen LogP contribution in [0.3, 0.4) is 0 Å². The summed E-state index contributed by atoms with van der Waals surface area (Å²) >= 11 is 0. The Morgan fingerprint density at radius 2 is 1.85 bits per heavy atom. The molecule has 6 heteroatoms. The van der Waals surface area contributed by atoms with Gasteiger partial charge in [0.15, 0.2) is 6.04 Å². The van der Waals surface area contributed by atoms with Gasteiger partial charge in [-0.2, -0.15) is 0 Å². The second-order valence-corrected chi connectivity index (χ2v) is 6.09. The first-order chi connectivity index (χ1) is 12.4. The Balaban J connectivity index is 2.28. The first kappa shape index (κ1) is 19.6. The summed E-state index contributed by atoms with van der Waals surface area (Å²) in [6.45, 7) is 3.76. The van der Waals surface area contributed by atoms with Crippen molar-refractivity contribution in [3.63, 3.8) is 0 Å². The van der Waals surface area contributed by atoms with Crippen molar-refractivity contribution in [1.29, 1.82) is 0 Å². The Morgan fingerprint density at radius 1 is 1.15 bits per heavy atom. The number of aryl methyl sites for hydroxylation is 1. The lowest BCUT2D eigenvalue weighted by molar-refractivity contribution is -0.704. The Kier molecular flexibility index (Phi) is 6.86. The predicted molar refractivity (Wildman–Crippen MR) is 96.0 cm³/mol. The van der Waals surface area contributed by atoms with Gasteiger partial charge in [0.05, 0.1) is 7.11 Å². The standard InChI is InChI=1S/C20H23FN2O3/c1-4-14-8-10-15(11-9-14)18(16-6-5-7-17(21)12-16)22-13(2)19(24)23-20(25)26-3/h5-13,18,22H,4H2,1-3H3,(H,23,24,25)/p+1/t13-,18+/m0/s1. The summed E-state index contributed by atoms with van der Waals surface area (Å²) < 4.78 is 18.2. The molecule has 5 nitrogen and oxygen atoms in total. The molecule has 0 fully saturated rings. The zero-order valence-corrected chi connectivity index (χ0v) is 15.2. The van der Waals surface area contributed by atoms with E-state index < -0.39 is 18.0 Å². The lowest BCUT2D eigenvalue weighted by atomic mass is 9.96. The first-order valence-electron chi connectivity index (χ1n) is 8.52. The number of imide groups is 1. The molecule has 0 aliphatic heterocycles. The molecule has 0 aliphatic rings. The quantitative estimate of drug-likeness (QED) is 0.831. The van der Waals surface area contributed by atoms with Gasteiger partial charge in [0, 0.05) is 11.1 Å². The van der Waals surface area contributed by atoms with Crippen molar-refractivity contribution in [1.82, 2.24) is 5.32 Å². The Labute approximate surface area is 152 Å². The number of hydrogen-bond acceptors (Lipinski definition) is 3. The molecule has 0 aromatic heterocycles. The Hall–Kier alpha value is -2.73. The normalized spacial score (nSPS) is 12.9. The number of halogens is 1. The Bertz CT molecular complexity index is 762. The van der Waals surface area contributed by atoms with E-state index in [-0.39, 0.29) is 11.9 Å². The summed E-state index contributed by atoms with van der Waals surface area (Å²) in [5.74, 6) is -0.804. The van der Waals surface area contributed by atoms with Crippen molar-refractivity contribution in [2.75, 3.05) is 7.11 Å². The molecule has 2 rings (SSSR count). The van der Waals surface area contributed by atoms with Crippen molar-refractivity contribution in [3.05, 3.63) is 71.0 Å². The highest BCUT2D eigenvalue weighted by molar-refractivity contribution is 5.93. The van der Waals surface area contributed by atoms with Gasteiger partial charge in [-0.15, -0.1) is 0 Å². The van der Waals surface area contributed by atoms with E-state index in [1.807, 2.05) is 30.3 Å². The minimum absolute atomic E-state index is 0.282. The molecule has 138 valence electrons. The van der Waals surface area contributed by atoms with Crippen molar-refractivity contribution < 1.29 is 24.0 Å². The van der Waals surface area contributed by atoms with Crippen LogP contribution in [-0.4, -0.2) is 25.2 Å². The maximum absolute atomic E-state index is 13.7. The summed E-state index contributed by atoms with van der Waals surface area (Å²) in [6.07, 6.45) is 0.122. The van der Waals surface area contributed by atoms with Crippen molar-refractivity contribution in [2.24, 2.45) is 0 Å². The van der Waals surface area contributed by atoms with E-state index in [9.17, 15) is 14.0 Å². The molecule has 0 unspecified atom stereocenters. The smallest absolute Gasteiger partial charge is 0.413 e. The molecule has 2 amide bonds. The minimum atomic E-state index is -0.801. The molecule has 0 aliphatic carbocycles. The Morgan fingerprint density at radius 3 is 2.42 bits per heavy atom. The molecule has 0 bridgehead atoms. The van der Waals surface area contributed by atoms with Gasteiger partial charge < -0.3 is 10.1 Å². The SMILES string of the molecule is CCc1ccc([C@@H]([NH2+][C@@H](C)C(=O)NC(=O)OC)c2cccc(F)c2)cc1.